The number of ether oxygens (including phenoxy) is 2. The Labute approximate surface area is 446 Å². The molecule has 0 fully saturated rings. The van der Waals surface area contributed by atoms with Gasteiger partial charge in [0.25, 0.3) is 0 Å². The maximum absolute atomic E-state index is 12.7. The summed E-state index contributed by atoms with van der Waals surface area (Å²) in [4.78, 5) is 35.2. The predicted molar refractivity (Wildman–Crippen MR) is 307 cm³/mol. The third-order valence-corrected chi connectivity index (χ3v) is 15.1. The van der Waals surface area contributed by atoms with Crippen molar-refractivity contribution in [2.75, 3.05) is 26.4 Å². The van der Waals surface area contributed by atoms with Gasteiger partial charge in [0.2, 0.25) is 0 Å². The average Bonchev–Trinajstić information content (AvgIpc) is 3.37. The van der Waals surface area contributed by atoms with Gasteiger partial charge in [0.1, 0.15) is 6.61 Å². The zero-order valence-corrected chi connectivity index (χ0v) is 48.6. The van der Waals surface area contributed by atoms with Gasteiger partial charge in [-0.25, -0.2) is 4.57 Å². The van der Waals surface area contributed by atoms with E-state index < -0.39 is 26.5 Å². The molecule has 0 aliphatic carbocycles. The first-order chi connectivity index (χ1) is 35.3. The summed E-state index contributed by atoms with van der Waals surface area (Å²) in [6, 6.07) is 0. The van der Waals surface area contributed by atoms with Gasteiger partial charge in [0.15, 0.2) is 6.10 Å². The van der Waals surface area contributed by atoms with Gasteiger partial charge < -0.3 is 20.1 Å². The summed E-state index contributed by atoms with van der Waals surface area (Å²) in [5.74, 6) is -0.806. The van der Waals surface area contributed by atoms with Crippen molar-refractivity contribution in [3.63, 3.8) is 0 Å². The molecule has 0 saturated carbocycles. The Balaban J connectivity index is 3.83. The van der Waals surface area contributed by atoms with Crippen LogP contribution in [0.1, 0.15) is 328 Å². The van der Waals surface area contributed by atoms with Gasteiger partial charge in [0, 0.05) is 19.4 Å². The van der Waals surface area contributed by atoms with Gasteiger partial charge in [-0.2, -0.15) is 0 Å². The highest BCUT2D eigenvalue weighted by Gasteiger charge is 2.26. The van der Waals surface area contributed by atoms with Crippen LogP contribution in [0.5, 0.6) is 0 Å². The summed E-state index contributed by atoms with van der Waals surface area (Å²) >= 11 is 0. The number of hydrogen-bond acceptors (Lipinski definition) is 8. The molecule has 0 aliphatic rings. The van der Waals surface area contributed by atoms with Crippen LogP contribution in [0.15, 0.2) is 24.3 Å². The molecule has 2 unspecified atom stereocenters. The highest BCUT2D eigenvalue weighted by Crippen LogP contribution is 2.43. The molecule has 0 heterocycles. The largest absolute Gasteiger partial charge is 0.472 e. The van der Waals surface area contributed by atoms with Crippen molar-refractivity contribution in [3.05, 3.63) is 24.3 Å². The molecule has 0 aliphatic heterocycles. The van der Waals surface area contributed by atoms with Crippen LogP contribution in [0.25, 0.3) is 0 Å². The maximum Gasteiger partial charge on any atom is 0.472 e. The number of rotatable bonds is 60. The number of phosphoric acid groups is 1. The first-order valence-electron chi connectivity index (χ1n) is 31.3. The van der Waals surface area contributed by atoms with Gasteiger partial charge in [-0.15, -0.1) is 0 Å². The lowest BCUT2D eigenvalue weighted by Crippen LogP contribution is -2.29. The summed E-state index contributed by atoms with van der Waals surface area (Å²) < 4.78 is 33.1. The molecule has 426 valence electrons. The van der Waals surface area contributed by atoms with E-state index >= 15 is 0 Å². The number of carbonyl (C=O) groups is 2. The first kappa shape index (κ1) is 70.5. The van der Waals surface area contributed by atoms with E-state index in [0.717, 1.165) is 38.5 Å². The van der Waals surface area contributed by atoms with Crippen LogP contribution < -0.4 is 5.73 Å². The van der Waals surface area contributed by atoms with E-state index in [0.29, 0.717) is 6.42 Å². The topological polar surface area (TPSA) is 134 Å². The number of hydrogen-bond donors (Lipinski definition) is 2. The zero-order chi connectivity index (χ0) is 52.4. The molecule has 0 bridgehead atoms. The zero-order valence-electron chi connectivity index (χ0n) is 47.7. The van der Waals surface area contributed by atoms with Crippen LogP contribution >= 0.6 is 7.82 Å². The lowest BCUT2D eigenvalue weighted by molar-refractivity contribution is -0.161. The fourth-order valence-corrected chi connectivity index (χ4v) is 10.2. The summed E-state index contributed by atoms with van der Waals surface area (Å²) in [6.07, 6.45) is 69.7. The Bertz CT molecular complexity index is 1230. The van der Waals surface area contributed by atoms with Crippen LogP contribution in [0.4, 0.5) is 0 Å². The number of phosphoric ester groups is 1. The normalized spacial score (nSPS) is 13.1. The van der Waals surface area contributed by atoms with Crippen molar-refractivity contribution >= 4 is 19.8 Å². The van der Waals surface area contributed by atoms with Crippen LogP contribution in [0.2, 0.25) is 0 Å². The van der Waals surface area contributed by atoms with Crippen molar-refractivity contribution < 1.29 is 37.6 Å². The van der Waals surface area contributed by atoms with Crippen molar-refractivity contribution in [2.24, 2.45) is 5.73 Å². The van der Waals surface area contributed by atoms with E-state index in [4.69, 9.17) is 24.3 Å². The molecule has 0 amide bonds. The quantitative estimate of drug-likeness (QED) is 0.0264. The molecule has 2 atom stereocenters. The van der Waals surface area contributed by atoms with Crippen LogP contribution in [-0.4, -0.2) is 49.3 Å². The minimum absolute atomic E-state index is 0.0570. The van der Waals surface area contributed by atoms with Crippen molar-refractivity contribution in [3.8, 4) is 0 Å². The SMILES string of the molecule is CCCCCCC/C=C\C/C=C\CCCCCCCCCCCCCCCCCCCCCCCC(=O)OC(COC(=O)CCCCCCCCCCCCCCCCCCCC)COP(=O)(O)OCCN. The molecular formula is C62H120NO8P. The van der Waals surface area contributed by atoms with E-state index in [1.54, 1.807) is 0 Å². The standard InChI is InChI=1S/C62H120NO8P/c1-3-5-7-9-11-13-15-17-19-21-23-24-25-26-27-28-29-30-31-32-33-34-35-36-37-39-41-43-45-47-49-51-53-55-62(65)71-60(59-70-72(66,67)69-57-56-63)58-68-61(64)54-52-50-48-46-44-42-40-38-22-20-18-16-14-12-10-8-6-4-2/h15,17,21,23,60H,3-14,16,18-20,22,24-59,63H2,1-2H3,(H,66,67)/b17-15-,23-21-. The molecule has 0 aromatic heterocycles. The highest BCUT2D eigenvalue weighted by molar-refractivity contribution is 7.47. The fourth-order valence-electron chi connectivity index (χ4n) is 9.44. The lowest BCUT2D eigenvalue weighted by Gasteiger charge is -2.19. The smallest absolute Gasteiger partial charge is 0.462 e. The van der Waals surface area contributed by atoms with Gasteiger partial charge in [0.05, 0.1) is 13.2 Å². The fraction of sp³-hybridized carbons (Fsp3) is 0.903. The summed E-state index contributed by atoms with van der Waals surface area (Å²) in [6.45, 7) is 3.80. The number of allylic oxidation sites excluding steroid dienone is 4. The van der Waals surface area contributed by atoms with E-state index in [-0.39, 0.29) is 38.6 Å². The van der Waals surface area contributed by atoms with E-state index in [9.17, 15) is 19.0 Å². The molecule has 0 spiro atoms. The molecule has 0 rings (SSSR count). The Morgan fingerprint density at radius 2 is 0.722 bits per heavy atom. The van der Waals surface area contributed by atoms with Gasteiger partial charge in [-0.1, -0.05) is 295 Å². The predicted octanol–water partition coefficient (Wildman–Crippen LogP) is 19.8. The summed E-state index contributed by atoms with van der Waals surface area (Å²) in [7, 11) is -4.38. The van der Waals surface area contributed by atoms with Crippen LogP contribution in [0, 0.1) is 0 Å². The number of carbonyl (C=O) groups excluding carboxylic acids is 2. The third kappa shape index (κ3) is 57.8. The molecule has 0 radical (unpaired) electrons. The summed E-state index contributed by atoms with van der Waals surface area (Å²) in [5, 5.41) is 0. The van der Waals surface area contributed by atoms with E-state index in [1.165, 1.54) is 257 Å². The molecule has 0 aromatic carbocycles. The Morgan fingerprint density at radius 1 is 0.417 bits per heavy atom. The minimum Gasteiger partial charge on any atom is -0.462 e. The Hall–Kier alpha value is -1.51. The Kier molecular flexibility index (Phi) is 57.5. The lowest BCUT2D eigenvalue weighted by atomic mass is 10.0. The third-order valence-electron chi connectivity index (χ3n) is 14.1. The Morgan fingerprint density at radius 3 is 1.06 bits per heavy atom. The molecule has 9 nitrogen and oxygen atoms in total. The highest BCUT2D eigenvalue weighted by atomic mass is 31.2. The number of unbranched alkanes of at least 4 members (excludes halogenated alkanes) is 43. The maximum atomic E-state index is 12.7. The molecule has 0 saturated heterocycles. The van der Waals surface area contributed by atoms with Crippen LogP contribution in [-0.2, 0) is 32.7 Å². The molecule has 10 heteroatoms. The second-order valence-corrected chi connectivity index (χ2v) is 22.7. The average molecular weight is 1040 g/mol. The van der Waals surface area contributed by atoms with Crippen LogP contribution in [0.3, 0.4) is 0 Å². The number of nitrogens with two attached hydrogens (primary N) is 1. The molecule has 3 N–H and O–H groups in total. The van der Waals surface area contributed by atoms with Crippen molar-refractivity contribution in [2.45, 2.75) is 335 Å². The minimum atomic E-state index is -4.38. The van der Waals surface area contributed by atoms with E-state index in [2.05, 4.69) is 38.2 Å². The van der Waals surface area contributed by atoms with E-state index in [1.807, 2.05) is 0 Å². The van der Waals surface area contributed by atoms with Crippen molar-refractivity contribution in [1.82, 2.24) is 0 Å². The van der Waals surface area contributed by atoms with Gasteiger partial charge in [-0.3, -0.25) is 18.6 Å². The number of esters is 2. The molecular weight excluding hydrogens is 918 g/mol. The monoisotopic (exact) mass is 1040 g/mol. The van der Waals surface area contributed by atoms with Gasteiger partial charge in [-0.05, 0) is 44.9 Å². The van der Waals surface area contributed by atoms with Crippen molar-refractivity contribution in [1.29, 1.82) is 0 Å². The molecule has 0 aromatic rings. The second-order valence-electron chi connectivity index (χ2n) is 21.3. The second kappa shape index (κ2) is 58.7. The first-order valence-corrected chi connectivity index (χ1v) is 32.8. The molecule has 72 heavy (non-hydrogen) atoms. The van der Waals surface area contributed by atoms with Gasteiger partial charge >= 0.3 is 19.8 Å². The summed E-state index contributed by atoms with van der Waals surface area (Å²) in [5.41, 5.74) is 5.39.